The van der Waals surface area contributed by atoms with Gasteiger partial charge < -0.3 is 5.32 Å². The first-order valence-electron chi connectivity index (χ1n) is 5.39. The van der Waals surface area contributed by atoms with E-state index in [-0.39, 0.29) is 5.82 Å². The van der Waals surface area contributed by atoms with Gasteiger partial charge in [0.15, 0.2) is 0 Å². The molecule has 2 aromatic rings. The minimum Gasteiger partial charge on any atom is -0.316 e. The molecule has 88 valence electrons. The van der Waals surface area contributed by atoms with Gasteiger partial charge in [0.1, 0.15) is 5.82 Å². The molecule has 0 saturated carbocycles. The second-order valence-electron chi connectivity index (χ2n) is 3.84. The summed E-state index contributed by atoms with van der Waals surface area (Å²) in [5, 5.41) is 3.65. The fraction of sp³-hybridized carbons (Fsp3) is 0.143. The third-order valence-corrected chi connectivity index (χ3v) is 2.84. The summed E-state index contributed by atoms with van der Waals surface area (Å²) in [6.07, 6.45) is 0. The number of nitrogens with one attached hydrogen (secondary N) is 1. The fourth-order valence-electron chi connectivity index (χ4n) is 1.72. The zero-order valence-electron chi connectivity index (χ0n) is 9.50. The van der Waals surface area contributed by atoms with Crippen molar-refractivity contribution in [2.75, 3.05) is 7.05 Å². The third kappa shape index (κ3) is 2.84. The van der Waals surface area contributed by atoms with Crippen molar-refractivity contribution in [2.45, 2.75) is 6.54 Å². The van der Waals surface area contributed by atoms with E-state index in [4.69, 9.17) is 11.6 Å². The van der Waals surface area contributed by atoms with Gasteiger partial charge in [0.2, 0.25) is 0 Å². The summed E-state index contributed by atoms with van der Waals surface area (Å²) in [5.74, 6) is -0.183. The summed E-state index contributed by atoms with van der Waals surface area (Å²) < 4.78 is 13.5. The Hall–Kier alpha value is -1.38. The van der Waals surface area contributed by atoms with E-state index in [2.05, 4.69) is 5.32 Å². The second kappa shape index (κ2) is 5.30. The Morgan fingerprint density at radius 2 is 1.71 bits per heavy atom. The van der Waals surface area contributed by atoms with Crippen LogP contribution in [0.5, 0.6) is 0 Å². The van der Waals surface area contributed by atoms with Gasteiger partial charge in [-0.05, 0) is 42.4 Å². The van der Waals surface area contributed by atoms with E-state index in [1.807, 2.05) is 30.3 Å². The predicted octanol–water partition coefficient (Wildman–Crippen LogP) is 3.87. The van der Waals surface area contributed by atoms with Crippen LogP contribution in [0, 0.1) is 5.82 Å². The molecule has 1 nitrogen and oxygen atoms in total. The lowest BCUT2D eigenvalue weighted by molar-refractivity contribution is 0.601. The molecule has 0 aliphatic rings. The maximum atomic E-state index is 13.5. The van der Waals surface area contributed by atoms with Gasteiger partial charge in [0.25, 0.3) is 0 Å². The van der Waals surface area contributed by atoms with Crippen LogP contribution in [0.3, 0.4) is 0 Å². The topological polar surface area (TPSA) is 12.0 Å². The SMILES string of the molecule is CNCc1cc(-c2ccc(Cl)cc2)ccc1F. The Kier molecular flexibility index (Phi) is 3.77. The Morgan fingerprint density at radius 1 is 1.06 bits per heavy atom. The van der Waals surface area contributed by atoms with E-state index in [0.29, 0.717) is 17.1 Å². The van der Waals surface area contributed by atoms with Crippen LogP contribution in [0.1, 0.15) is 5.56 Å². The number of halogens is 2. The minimum atomic E-state index is -0.183. The molecule has 0 aliphatic carbocycles. The predicted molar refractivity (Wildman–Crippen MR) is 69.6 cm³/mol. The Labute approximate surface area is 105 Å². The van der Waals surface area contributed by atoms with Crippen molar-refractivity contribution in [1.82, 2.24) is 5.32 Å². The molecule has 0 amide bonds. The average molecular weight is 250 g/mol. The lowest BCUT2D eigenvalue weighted by Gasteiger charge is -2.07. The van der Waals surface area contributed by atoms with E-state index in [1.165, 1.54) is 6.07 Å². The molecule has 3 heteroatoms. The van der Waals surface area contributed by atoms with Crippen LogP contribution in [-0.4, -0.2) is 7.05 Å². The average Bonchev–Trinajstić information content (AvgIpc) is 2.33. The van der Waals surface area contributed by atoms with Gasteiger partial charge in [0, 0.05) is 17.1 Å². The quantitative estimate of drug-likeness (QED) is 0.871. The summed E-state index contributed by atoms with van der Waals surface area (Å²) in [6, 6.07) is 12.6. The van der Waals surface area contributed by atoms with Gasteiger partial charge in [-0.25, -0.2) is 4.39 Å². The molecule has 2 rings (SSSR count). The van der Waals surface area contributed by atoms with Gasteiger partial charge in [-0.1, -0.05) is 29.8 Å². The van der Waals surface area contributed by atoms with Crippen molar-refractivity contribution in [3.05, 3.63) is 58.9 Å². The fourth-order valence-corrected chi connectivity index (χ4v) is 1.85. The standard InChI is InChI=1S/C14H13ClFN/c1-17-9-12-8-11(4-7-14(12)16)10-2-5-13(15)6-3-10/h2-8,17H,9H2,1H3. The molecule has 0 unspecified atom stereocenters. The van der Waals surface area contributed by atoms with E-state index in [9.17, 15) is 4.39 Å². The van der Waals surface area contributed by atoms with Gasteiger partial charge in [-0.2, -0.15) is 0 Å². The lowest BCUT2D eigenvalue weighted by atomic mass is 10.0. The molecule has 2 aromatic carbocycles. The summed E-state index contributed by atoms with van der Waals surface area (Å²) in [4.78, 5) is 0. The first-order valence-corrected chi connectivity index (χ1v) is 5.77. The van der Waals surface area contributed by atoms with Crippen molar-refractivity contribution in [3.63, 3.8) is 0 Å². The number of benzene rings is 2. The van der Waals surface area contributed by atoms with Crippen LogP contribution in [0.25, 0.3) is 11.1 Å². The first kappa shape index (κ1) is 12.1. The highest BCUT2D eigenvalue weighted by Crippen LogP contribution is 2.23. The highest BCUT2D eigenvalue weighted by molar-refractivity contribution is 6.30. The third-order valence-electron chi connectivity index (χ3n) is 2.59. The molecule has 0 radical (unpaired) electrons. The van der Waals surface area contributed by atoms with E-state index in [0.717, 1.165) is 11.1 Å². The molecular weight excluding hydrogens is 237 g/mol. The Bertz CT molecular complexity index is 508. The lowest BCUT2D eigenvalue weighted by Crippen LogP contribution is -2.06. The Morgan fingerprint density at radius 3 is 2.35 bits per heavy atom. The van der Waals surface area contributed by atoms with Crippen LogP contribution < -0.4 is 5.32 Å². The van der Waals surface area contributed by atoms with Crippen molar-refractivity contribution in [2.24, 2.45) is 0 Å². The zero-order chi connectivity index (χ0) is 12.3. The van der Waals surface area contributed by atoms with Gasteiger partial charge in [-0.3, -0.25) is 0 Å². The summed E-state index contributed by atoms with van der Waals surface area (Å²) >= 11 is 5.84. The monoisotopic (exact) mass is 249 g/mol. The molecular formula is C14H13ClFN. The van der Waals surface area contributed by atoms with Gasteiger partial charge >= 0.3 is 0 Å². The maximum absolute atomic E-state index is 13.5. The van der Waals surface area contributed by atoms with Gasteiger partial charge in [-0.15, -0.1) is 0 Å². The maximum Gasteiger partial charge on any atom is 0.127 e. The first-order chi connectivity index (χ1) is 8.20. The van der Waals surface area contributed by atoms with E-state index >= 15 is 0 Å². The van der Waals surface area contributed by atoms with Gasteiger partial charge in [0.05, 0.1) is 0 Å². The number of hydrogen-bond donors (Lipinski definition) is 1. The summed E-state index contributed by atoms with van der Waals surface area (Å²) in [6.45, 7) is 0.521. The van der Waals surface area contributed by atoms with Crippen molar-refractivity contribution >= 4 is 11.6 Å². The summed E-state index contributed by atoms with van der Waals surface area (Å²) in [7, 11) is 1.80. The molecule has 0 aliphatic heterocycles. The normalized spacial score (nSPS) is 10.5. The highest BCUT2D eigenvalue weighted by atomic mass is 35.5. The van der Waals surface area contributed by atoms with Crippen LogP contribution in [0.2, 0.25) is 5.02 Å². The smallest absolute Gasteiger partial charge is 0.127 e. The molecule has 0 atom stereocenters. The van der Waals surface area contributed by atoms with Crippen LogP contribution in [-0.2, 0) is 6.54 Å². The van der Waals surface area contributed by atoms with E-state index in [1.54, 1.807) is 13.1 Å². The molecule has 1 N–H and O–H groups in total. The Balaban J connectivity index is 2.39. The number of hydrogen-bond acceptors (Lipinski definition) is 1. The minimum absolute atomic E-state index is 0.183. The van der Waals surface area contributed by atoms with Crippen LogP contribution >= 0.6 is 11.6 Å². The summed E-state index contributed by atoms with van der Waals surface area (Å²) in [5.41, 5.74) is 2.69. The van der Waals surface area contributed by atoms with Crippen LogP contribution in [0.4, 0.5) is 4.39 Å². The highest BCUT2D eigenvalue weighted by Gasteiger charge is 2.04. The zero-order valence-corrected chi connectivity index (χ0v) is 10.3. The van der Waals surface area contributed by atoms with Crippen LogP contribution in [0.15, 0.2) is 42.5 Å². The largest absolute Gasteiger partial charge is 0.316 e. The van der Waals surface area contributed by atoms with Crippen molar-refractivity contribution in [3.8, 4) is 11.1 Å². The molecule has 0 fully saturated rings. The molecule has 17 heavy (non-hydrogen) atoms. The van der Waals surface area contributed by atoms with Crippen molar-refractivity contribution in [1.29, 1.82) is 0 Å². The molecule has 0 spiro atoms. The molecule has 0 saturated heterocycles. The molecule has 0 heterocycles. The van der Waals surface area contributed by atoms with E-state index < -0.39 is 0 Å². The number of rotatable bonds is 3. The molecule has 0 bridgehead atoms. The second-order valence-corrected chi connectivity index (χ2v) is 4.28. The van der Waals surface area contributed by atoms with Crippen molar-refractivity contribution < 1.29 is 4.39 Å². The molecule has 0 aromatic heterocycles.